The zero-order chi connectivity index (χ0) is 10.6. The van der Waals surface area contributed by atoms with Crippen LogP contribution in [0.3, 0.4) is 0 Å². The van der Waals surface area contributed by atoms with Gasteiger partial charge in [0.05, 0.1) is 10.5 Å². The van der Waals surface area contributed by atoms with Gasteiger partial charge in [0, 0.05) is 12.3 Å². The SMILES string of the molecule is O=CC#Cc1cnc(Cl)c([N+](=O)[O-])c1. The maximum atomic E-state index is 10.4. The van der Waals surface area contributed by atoms with Gasteiger partial charge in [0.25, 0.3) is 0 Å². The molecular formula is C8H3ClN2O3. The predicted molar refractivity (Wildman–Crippen MR) is 48.8 cm³/mol. The lowest BCUT2D eigenvalue weighted by Gasteiger charge is -1.93. The van der Waals surface area contributed by atoms with Crippen LogP contribution in [0.25, 0.3) is 0 Å². The topological polar surface area (TPSA) is 73.1 Å². The first-order chi connectivity index (χ1) is 6.65. The van der Waals surface area contributed by atoms with Crippen LogP contribution in [-0.4, -0.2) is 16.2 Å². The highest BCUT2D eigenvalue weighted by Crippen LogP contribution is 2.21. The molecule has 0 spiro atoms. The number of aldehydes is 1. The van der Waals surface area contributed by atoms with Gasteiger partial charge in [-0.25, -0.2) is 4.98 Å². The Morgan fingerprint density at radius 3 is 2.93 bits per heavy atom. The van der Waals surface area contributed by atoms with Gasteiger partial charge in [0.2, 0.25) is 5.15 Å². The van der Waals surface area contributed by atoms with Crippen LogP contribution in [0.1, 0.15) is 5.56 Å². The number of carbonyl (C=O) groups is 1. The fourth-order valence-corrected chi connectivity index (χ4v) is 0.918. The number of halogens is 1. The second-order valence-corrected chi connectivity index (χ2v) is 2.54. The van der Waals surface area contributed by atoms with Crippen LogP contribution in [0.5, 0.6) is 0 Å². The molecule has 0 saturated carbocycles. The van der Waals surface area contributed by atoms with E-state index in [-0.39, 0.29) is 16.4 Å². The number of pyridine rings is 1. The van der Waals surface area contributed by atoms with Crippen LogP contribution in [0.15, 0.2) is 12.3 Å². The van der Waals surface area contributed by atoms with Gasteiger partial charge >= 0.3 is 5.69 Å². The van der Waals surface area contributed by atoms with E-state index in [1.807, 2.05) is 0 Å². The largest absolute Gasteiger partial charge is 0.307 e. The van der Waals surface area contributed by atoms with E-state index >= 15 is 0 Å². The molecule has 0 N–H and O–H groups in total. The van der Waals surface area contributed by atoms with Crippen molar-refractivity contribution < 1.29 is 9.72 Å². The molecule has 1 aromatic rings. The molecule has 0 saturated heterocycles. The van der Waals surface area contributed by atoms with Gasteiger partial charge in [-0.05, 0) is 5.92 Å². The number of nitro groups is 1. The highest BCUT2D eigenvalue weighted by molar-refractivity contribution is 6.31. The first-order valence-electron chi connectivity index (χ1n) is 3.40. The molecule has 0 radical (unpaired) electrons. The van der Waals surface area contributed by atoms with Crippen LogP contribution >= 0.6 is 11.6 Å². The zero-order valence-corrected chi connectivity index (χ0v) is 7.49. The predicted octanol–water partition coefficient (Wildman–Crippen LogP) is 1.19. The first kappa shape index (κ1) is 10.2. The lowest BCUT2D eigenvalue weighted by molar-refractivity contribution is -0.385. The maximum Gasteiger partial charge on any atom is 0.307 e. The molecular weight excluding hydrogens is 208 g/mol. The van der Waals surface area contributed by atoms with Gasteiger partial charge in [-0.15, -0.1) is 0 Å². The number of aromatic nitrogens is 1. The highest BCUT2D eigenvalue weighted by atomic mass is 35.5. The second-order valence-electron chi connectivity index (χ2n) is 2.18. The molecule has 1 aromatic heterocycles. The third-order valence-electron chi connectivity index (χ3n) is 1.29. The van der Waals surface area contributed by atoms with Crippen LogP contribution in [0, 0.1) is 22.0 Å². The monoisotopic (exact) mass is 210 g/mol. The molecule has 1 rings (SSSR count). The smallest absolute Gasteiger partial charge is 0.289 e. The van der Waals surface area contributed by atoms with Crippen molar-refractivity contribution in [1.29, 1.82) is 0 Å². The minimum absolute atomic E-state index is 0.202. The van der Waals surface area contributed by atoms with E-state index in [1.54, 1.807) is 0 Å². The lowest BCUT2D eigenvalue weighted by Crippen LogP contribution is -1.92. The molecule has 0 aromatic carbocycles. The maximum absolute atomic E-state index is 10.4. The summed E-state index contributed by atoms with van der Waals surface area (Å²) in [7, 11) is 0. The minimum Gasteiger partial charge on any atom is -0.289 e. The molecule has 0 unspecified atom stereocenters. The van der Waals surface area contributed by atoms with Crippen molar-refractivity contribution in [1.82, 2.24) is 4.98 Å². The van der Waals surface area contributed by atoms with Crippen molar-refractivity contribution in [3.05, 3.63) is 33.1 Å². The van der Waals surface area contributed by atoms with E-state index < -0.39 is 4.92 Å². The number of rotatable bonds is 1. The number of nitrogens with zero attached hydrogens (tertiary/aromatic N) is 2. The normalized spacial score (nSPS) is 8.64. The zero-order valence-electron chi connectivity index (χ0n) is 6.73. The summed E-state index contributed by atoms with van der Waals surface area (Å²) in [6.45, 7) is 0. The summed E-state index contributed by atoms with van der Waals surface area (Å²) in [4.78, 5) is 23.2. The molecule has 70 valence electrons. The number of hydrogen-bond donors (Lipinski definition) is 0. The van der Waals surface area contributed by atoms with Gasteiger partial charge in [-0.2, -0.15) is 0 Å². The Hall–Kier alpha value is -1.93. The highest BCUT2D eigenvalue weighted by Gasteiger charge is 2.13. The summed E-state index contributed by atoms with van der Waals surface area (Å²) >= 11 is 5.45. The Bertz CT molecular complexity index is 448. The molecule has 0 amide bonds. The summed E-state index contributed by atoms with van der Waals surface area (Å²) in [5, 5.41) is 10.2. The Kier molecular flexibility index (Phi) is 3.15. The summed E-state index contributed by atoms with van der Waals surface area (Å²) in [5.74, 6) is 4.49. The van der Waals surface area contributed by atoms with Crippen molar-refractivity contribution in [3.63, 3.8) is 0 Å². The molecule has 0 fully saturated rings. The molecule has 1 heterocycles. The Balaban J connectivity index is 3.19. The molecule has 5 nitrogen and oxygen atoms in total. The molecule has 0 bridgehead atoms. The fraction of sp³-hybridized carbons (Fsp3) is 0. The van der Waals surface area contributed by atoms with Crippen LogP contribution in [0.2, 0.25) is 5.15 Å². The van der Waals surface area contributed by atoms with Crippen molar-refractivity contribution in [2.75, 3.05) is 0 Å². The van der Waals surface area contributed by atoms with Crippen molar-refractivity contribution >= 4 is 23.6 Å². The molecule has 0 aliphatic carbocycles. The van der Waals surface area contributed by atoms with Crippen LogP contribution in [-0.2, 0) is 4.79 Å². The third-order valence-corrected chi connectivity index (χ3v) is 1.58. The average Bonchev–Trinajstić information content (AvgIpc) is 2.16. The van der Waals surface area contributed by atoms with Crippen molar-refractivity contribution in [2.45, 2.75) is 0 Å². The quantitative estimate of drug-likeness (QED) is 0.229. The van der Waals surface area contributed by atoms with Gasteiger partial charge in [0.15, 0.2) is 6.29 Å². The number of carbonyl (C=O) groups excluding carboxylic acids is 1. The van der Waals surface area contributed by atoms with E-state index in [9.17, 15) is 14.9 Å². The van der Waals surface area contributed by atoms with E-state index in [0.29, 0.717) is 6.29 Å². The molecule has 0 atom stereocenters. The third kappa shape index (κ3) is 2.28. The van der Waals surface area contributed by atoms with Gasteiger partial charge in [0.1, 0.15) is 0 Å². The standard InChI is InChI=1S/C8H3ClN2O3/c9-8-7(11(13)14)4-6(5-10-8)2-1-3-12/h3-5H. The van der Waals surface area contributed by atoms with Gasteiger partial charge < -0.3 is 0 Å². The Morgan fingerprint density at radius 1 is 1.64 bits per heavy atom. The van der Waals surface area contributed by atoms with Crippen LogP contribution < -0.4 is 0 Å². The molecule has 14 heavy (non-hydrogen) atoms. The second kappa shape index (κ2) is 4.35. The first-order valence-corrected chi connectivity index (χ1v) is 3.78. The molecule has 0 aliphatic heterocycles. The van der Waals surface area contributed by atoms with Gasteiger partial charge in [-0.1, -0.05) is 17.5 Å². The van der Waals surface area contributed by atoms with Crippen LogP contribution in [0.4, 0.5) is 5.69 Å². The van der Waals surface area contributed by atoms with E-state index in [2.05, 4.69) is 16.8 Å². The van der Waals surface area contributed by atoms with Crippen molar-refractivity contribution in [3.8, 4) is 11.8 Å². The summed E-state index contributed by atoms with van der Waals surface area (Å²) in [6.07, 6.45) is 1.65. The fourth-order valence-electron chi connectivity index (χ4n) is 0.746. The summed E-state index contributed by atoms with van der Waals surface area (Å²) in [6, 6.07) is 1.16. The van der Waals surface area contributed by atoms with E-state index in [1.165, 1.54) is 6.20 Å². The molecule has 0 aliphatic rings. The molecule has 6 heteroatoms. The van der Waals surface area contributed by atoms with E-state index in [0.717, 1.165) is 6.07 Å². The average molecular weight is 211 g/mol. The summed E-state index contributed by atoms with van der Waals surface area (Å²) in [5.41, 5.74) is -0.0578. The summed E-state index contributed by atoms with van der Waals surface area (Å²) < 4.78 is 0. The number of hydrogen-bond acceptors (Lipinski definition) is 4. The van der Waals surface area contributed by atoms with E-state index in [4.69, 9.17) is 11.6 Å². The van der Waals surface area contributed by atoms with Gasteiger partial charge in [-0.3, -0.25) is 14.9 Å². The Labute approximate surface area is 83.9 Å². The lowest BCUT2D eigenvalue weighted by atomic mass is 10.3. The minimum atomic E-state index is -0.665. The van der Waals surface area contributed by atoms with Crippen molar-refractivity contribution in [2.24, 2.45) is 0 Å². The Morgan fingerprint density at radius 2 is 2.36 bits per heavy atom.